The second kappa shape index (κ2) is 8.64. The van der Waals surface area contributed by atoms with Crippen LogP contribution in [0.4, 0.5) is 11.5 Å². The third-order valence-corrected chi connectivity index (χ3v) is 6.23. The highest BCUT2D eigenvalue weighted by molar-refractivity contribution is 7.92. The Morgan fingerprint density at radius 3 is 2.29 bits per heavy atom. The topological polar surface area (TPSA) is 110 Å². The van der Waals surface area contributed by atoms with Gasteiger partial charge in [-0.3, -0.25) is 14.7 Å². The molecule has 0 amide bonds. The molecule has 3 N–H and O–H groups in total. The van der Waals surface area contributed by atoms with Crippen molar-refractivity contribution in [1.82, 2.24) is 9.97 Å². The molecule has 9 heteroatoms. The summed E-state index contributed by atoms with van der Waals surface area (Å²) in [5.41, 5.74) is 8.25. The number of aromatic nitrogens is 2. The fourth-order valence-corrected chi connectivity index (χ4v) is 4.18. The average molecular weight is 458 g/mol. The van der Waals surface area contributed by atoms with E-state index in [0.717, 1.165) is 5.56 Å². The van der Waals surface area contributed by atoms with Crippen LogP contribution in [0.2, 0.25) is 5.02 Å². The van der Waals surface area contributed by atoms with Crippen LogP contribution in [0.1, 0.15) is 37.6 Å². The summed E-state index contributed by atoms with van der Waals surface area (Å²) in [6, 6.07) is 11.7. The van der Waals surface area contributed by atoms with Crippen molar-refractivity contribution in [3.63, 3.8) is 0 Å². The van der Waals surface area contributed by atoms with Crippen LogP contribution in [0.3, 0.4) is 0 Å². The number of pyridine rings is 2. The zero-order valence-electron chi connectivity index (χ0n) is 17.7. The Morgan fingerprint density at radius 2 is 1.74 bits per heavy atom. The van der Waals surface area contributed by atoms with Gasteiger partial charge in [0.15, 0.2) is 0 Å². The highest BCUT2D eigenvalue weighted by atomic mass is 35.5. The van der Waals surface area contributed by atoms with Gasteiger partial charge in [0.1, 0.15) is 11.5 Å². The number of nitrogens with zero attached hydrogens (tertiary/aromatic N) is 3. The molecule has 0 saturated heterocycles. The Balaban J connectivity index is 2.01. The molecule has 0 aliphatic heterocycles. The molecule has 0 saturated carbocycles. The number of sulfonamides is 1. The highest BCUT2D eigenvalue weighted by Gasteiger charge is 2.21. The summed E-state index contributed by atoms with van der Waals surface area (Å²) in [6.45, 7) is 6.20. The normalized spacial score (nSPS) is 12.6. The molecule has 2 heterocycles. The molecule has 0 atom stereocenters. The average Bonchev–Trinajstić information content (AvgIpc) is 2.70. The predicted octanol–water partition coefficient (Wildman–Crippen LogP) is 4.28. The van der Waals surface area contributed by atoms with Gasteiger partial charge in [-0.25, -0.2) is 13.4 Å². The number of nitrogens with one attached hydrogen (secondary N) is 1. The molecule has 0 aliphatic carbocycles. The van der Waals surface area contributed by atoms with Crippen LogP contribution in [0.5, 0.6) is 0 Å². The van der Waals surface area contributed by atoms with E-state index in [2.05, 4.69) is 40.5 Å². The third kappa shape index (κ3) is 5.21. The molecule has 3 rings (SSSR count). The van der Waals surface area contributed by atoms with Gasteiger partial charge in [0.05, 0.1) is 21.3 Å². The second-order valence-corrected chi connectivity index (χ2v) is 10.1. The summed E-state index contributed by atoms with van der Waals surface area (Å²) < 4.78 is 28.7. The van der Waals surface area contributed by atoms with E-state index in [0.29, 0.717) is 22.8 Å². The molecule has 0 bridgehead atoms. The molecule has 31 heavy (non-hydrogen) atoms. The minimum absolute atomic E-state index is 0.0840. The zero-order valence-corrected chi connectivity index (χ0v) is 19.3. The van der Waals surface area contributed by atoms with Gasteiger partial charge in [-0.05, 0) is 41.3 Å². The molecule has 0 fully saturated rings. The number of hydrogen-bond acceptors (Lipinski definition) is 6. The second-order valence-electron chi connectivity index (χ2n) is 7.97. The van der Waals surface area contributed by atoms with Gasteiger partial charge >= 0.3 is 0 Å². The van der Waals surface area contributed by atoms with Crippen LogP contribution < -0.4 is 10.5 Å². The Morgan fingerprint density at radius 1 is 1.06 bits per heavy atom. The summed E-state index contributed by atoms with van der Waals surface area (Å²) in [5, 5.41) is 0.287. The summed E-state index contributed by atoms with van der Waals surface area (Å²) in [6.07, 6.45) is 2.99. The number of hydrogen-bond donors (Lipinski definition) is 2. The first-order valence-electron chi connectivity index (χ1n) is 9.49. The molecule has 1 aromatic carbocycles. The van der Waals surface area contributed by atoms with E-state index < -0.39 is 10.0 Å². The fraction of sp³-hybridized carbons (Fsp3) is 0.227. The number of nitrogen functional groups attached to an aromatic ring is 1. The lowest BCUT2D eigenvalue weighted by Gasteiger charge is -2.19. The van der Waals surface area contributed by atoms with Crippen LogP contribution in [0, 0.1) is 0 Å². The molecule has 2 aromatic heterocycles. The van der Waals surface area contributed by atoms with Crippen molar-refractivity contribution in [2.24, 2.45) is 4.99 Å². The van der Waals surface area contributed by atoms with Crippen LogP contribution >= 0.6 is 11.6 Å². The maximum atomic E-state index is 13.1. The fourth-order valence-electron chi connectivity index (χ4n) is 2.96. The first-order valence-corrected chi connectivity index (χ1v) is 11.4. The van der Waals surface area contributed by atoms with Crippen molar-refractivity contribution >= 4 is 38.8 Å². The first kappa shape index (κ1) is 22.7. The zero-order chi connectivity index (χ0) is 22.8. The number of nitrogens with two attached hydrogens (primary N) is 1. The van der Waals surface area contributed by atoms with E-state index in [9.17, 15) is 8.42 Å². The summed E-state index contributed by atoms with van der Waals surface area (Å²) in [7, 11) is -2.30. The van der Waals surface area contributed by atoms with Crippen molar-refractivity contribution in [3.8, 4) is 0 Å². The molecule has 162 valence electrons. The molecular formula is C22H24ClN5O2S. The maximum absolute atomic E-state index is 13.1. The Labute approximate surface area is 187 Å². The van der Waals surface area contributed by atoms with E-state index in [1.165, 1.54) is 12.3 Å². The van der Waals surface area contributed by atoms with Crippen molar-refractivity contribution < 1.29 is 8.42 Å². The van der Waals surface area contributed by atoms with Gasteiger partial charge in [0.2, 0.25) is 0 Å². The van der Waals surface area contributed by atoms with Gasteiger partial charge in [0.25, 0.3) is 10.0 Å². The van der Waals surface area contributed by atoms with Crippen molar-refractivity contribution in [2.45, 2.75) is 31.1 Å². The lowest BCUT2D eigenvalue weighted by atomic mass is 9.87. The monoisotopic (exact) mass is 457 g/mol. The van der Waals surface area contributed by atoms with Crippen LogP contribution in [0.25, 0.3) is 0 Å². The largest absolute Gasteiger partial charge is 0.384 e. The summed E-state index contributed by atoms with van der Waals surface area (Å²) in [5.74, 6) is 0.364. The van der Waals surface area contributed by atoms with Crippen LogP contribution in [-0.4, -0.2) is 31.1 Å². The van der Waals surface area contributed by atoms with Gasteiger partial charge < -0.3 is 5.73 Å². The number of aliphatic imine (C=N–C) groups is 1. The van der Waals surface area contributed by atoms with E-state index in [1.807, 2.05) is 12.1 Å². The number of benzene rings is 1. The third-order valence-electron chi connectivity index (χ3n) is 4.64. The standard InChI is InChI=1S/C22H24ClN5O2S/c1-22(2,3)15-6-8-17(9-7-15)31(29,30)28-18-11-16(23)13-27-21(18)20(25-4)14-5-10-19(24)26-12-14/h5-13,28H,1-4H3,(H2,24,26)/b25-20-. The van der Waals surface area contributed by atoms with E-state index in [-0.39, 0.29) is 21.0 Å². The van der Waals surface area contributed by atoms with Gasteiger partial charge in [-0.1, -0.05) is 44.5 Å². The molecule has 0 radical (unpaired) electrons. The molecule has 0 unspecified atom stereocenters. The molecule has 7 nitrogen and oxygen atoms in total. The quantitative estimate of drug-likeness (QED) is 0.555. The van der Waals surface area contributed by atoms with Gasteiger partial charge in [0, 0.05) is 25.0 Å². The van der Waals surface area contributed by atoms with E-state index in [1.54, 1.807) is 37.5 Å². The Bertz CT molecular complexity index is 1220. The number of halogens is 1. The summed E-state index contributed by atoms with van der Waals surface area (Å²) in [4.78, 5) is 12.8. The molecule has 0 aliphatic rings. The van der Waals surface area contributed by atoms with Crippen molar-refractivity contribution in [1.29, 1.82) is 0 Å². The van der Waals surface area contributed by atoms with E-state index in [4.69, 9.17) is 17.3 Å². The summed E-state index contributed by atoms with van der Waals surface area (Å²) >= 11 is 6.11. The maximum Gasteiger partial charge on any atom is 0.261 e. The first-order chi connectivity index (χ1) is 14.5. The van der Waals surface area contributed by atoms with Crippen LogP contribution in [0.15, 0.2) is 64.7 Å². The molecular weight excluding hydrogens is 434 g/mol. The van der Waals surface area contributed by atoms with Crippen LogP contribution in [-0.2, 0) is 15.4 Å². The molecule has 3 aromatic rings. The molecule has 0 spiro atoms. The Kier molecular flexibility index (Phi) is 6.33. The number of rotatable bonds is 5. The lowest BCUT2D eigenvalue weighted by Crippen LogP contribution is -2.18. The lowest BCUT2D eigenvalue weighted by molar-refractivity contribution is 0.587. The predicted molar refractivity (Wildman–Crippen MR) is 125 cm³/mol. The SMILES string of the molecule is C/N=C(/c1ccc(N)nc1)c1ncc(Cl)cc1NS(=O)(=O)c1ccc(C(C)(C)C)cc1. The Hall–Kier alpha value is -2.97. The van der Waals surface area contributed by atoms with Crippen molar-refractivity contribution in [2.75, 3.05) is 17.5 Å². The van der Waals surface area contributed by atoms with E-state index >= 15 is 0 Å². The van der Waals surface area contributed by atoms with Gasteiger partial charge in [-0.15, -0.1) is 0 Å². The smallest absolute Gasteiger partial charge is 0.261 e. The number of anilines is 2. The van der Waals surface area contributed by atoms with Crippen molar-refractivity contribution in [3.05, 3.63) is 76.7 Å². The highest BCUT2D eigenvalue weighted by Crippen LogP contribution is 2.27. The van der Waals surface area contributed by atoms with Gasteiger partial charge in [-0.2, -0.15) is 0 Å². The minimum Gasteiger partial charge on any atom is -0.384 e. The minimum atomic E-state index is -3.88.